The topological polar surface area (TPSA) is 49.4 Å². The summed E-state index contributed by atoms with van der Waals surface area (Å²) in [6.07, 6.45) is 4.85. The lowest BCUT2D eigenvalue weighted by Gasteiger charge is -2.27. The molecule has 4 nitrogen and oxygen atoms in total. The molecule has 0 radical (unpaired) electrons. The molecule has 1 saturated carbocycles. The minimum atomic E-state index is -0.230. The first-order valence-electron chi connectivity index (χ1n) is 9.06. The van der Waals surface area contributed by atoms with Gasteiger partial charge in [0.1, 0.15) is 0 Å². The number of nitrogens with one attached hydrogen (secondary N) is 1. The molecule has 2 fully saturated rings. The molecular formula is C20H28N2O2. The lowest BCUT2D eigenvalue weighted by atomic mass is 9.85. The van der Waals surface area contributed by atoms with E-state index in [4.69, 9.17) is 0 Å². The average molecular weight is 328 g/mol. The Hall–Kier alpha value is -1.84. The molecular weight excluding hydrogens is 300 g/mol. The van der Waals surface area contributed by atoms with E-state index in [1.165, 1.54) is 12.8 Å². The number of carbonyl (C=O) groups excluding carboxylic acids is 2. The summed E-state index contributed by atoms with van der Waals surface area (Å²) in [6.45, 7) is 6.94. The van der Waals surface area contributed by atoms with Crippen LogP contribution in [0.2, 0.25) is 0 Å². The van der Waals surface area contributed by atoms with Gasteiger partial charge in [0.15, 0.2) is 0 Å². The Balaban J connectivity index is 1.74. The second-order valence-electron chi connectivity index (χ2n) is 8.16. The molecule has 0 aromatic heterocycles. The van der Waals surface area contributed by atoms with E-state index in [9.17, 15) is 9.59 Å². The number of benzene rings is 1. The summed E-state index contributed by atoms with van der Waals surface area (Å²) in [5, 5.41) is 3.14. The van der Waals surface area contributed by atoms with E-state index in [0.29, 0.717) is 19.0 Å². The fourth-order valence-electron chi connectivity index (χ4n) is 3.85. The summed E-state index contributed by atoms with van der Waals surface area (Å²) < 4.78 is 0. The number of amides is 2. The van der Waals surface area contributed by atoms with Crippen LogP contribution in [0.3, 0.4) is 0 Å². The predicted molar refractivity (Wildman–Crippen MR) is 96.0 cm³/mol. The number of anilines is 1. The minimum absolute atomic E-state index is 0.0406. The van der Waals surface area contributed by atoms with Gasteiger partial charge in [0.2, 0.25) is 11.8 Å². The van der Waals surface area contributed by atoms with Crippen molar-refractivity contribution in [3.63, 3.8) is 0 Å². The third-order valence-corrected chi connectivity index (χ3v) is 5.20. The van der Waals surface area contributed by atoms with Gasteiger partial charge in [-0.3, -0.25) is 9.59 Å². The Kier molecular flexibility index (Phi) is 4.66. The molecule has 1 N–H and O–H groups in total. The molecule has 0 spiro atoms. The van der Waals surface area contributed by atoms with Crippen LogP contribution < -0.4 is 10.2 Å². The van der Waals surface area contributed by atoms with E-state index in [2.05, 4.69) is 32.2 Å². The van der Waals surface area contributed by atoms with Crippen molar-refractivity contribution in [2.45, 2.75) is 64.3 Å². The van der Waals surface area contributed by atoms with Crippen molar-refractivity contribution >= 4 is 17.5 Å². The molecule has 1 aliphatic heterocycles. The normalized spacial score (nSPS) is 22.2. The van der Waals surface area contributed by atoms with Gasteiger partial charge in [0.25, 0.3) is 0 Å². The molecule has 0 bridgehead atoms. The molecule has 1 aliphatic carbocycles. The molecule has 2 aliphatic rings. The Morgan fingerprint density at radius 3 is 2.50 bits per heavy atom. The van der Waals surface area contributed by atoms with Crippen LogP contribution in [-0.4, -0.2) is 24.4 Å². The maximum Gasteiger partial charge on any atom is 0.227 e. The zero-order valence-corrected chi connectivity index (χ0v) is 15.0. The maximum atomic E-state index is 12.6. The van der Waals surface area contributed by atoms with Crippen LogP contribution in [0.1, 0.15) is 58.4 Å². The van der Waals surface area contributed by atoms with E-state index in [-0.39, 0.29) is 23.1 Å². The second kappa shape index (κ2) is 6.58. The molecule has 3 rings (SSSR count). The predicted octanol–water partition coefficient (Wildman–Crippen LogP) is 3.40. The van der Waals surface area contributed by atoms with Crippen LogP contribution in [0.25, 0.3) is 0 Å². The van der Waals surface area contributed by atoms with Gasteiger partial charge >= 0.3 is 0 Å². The summed E-state index contributed by atoms with van der Waals surface area (Å²) >= 11 is 0. The molecule has 1 saturated heterocycles. The molecule has 1 atom stereocenters. The lowest BCUT2D eigenvalue weighted by Crippen LogP contribution is -2.38. The van der Waals surface area contributed by atoms with Crippen molar-refractivity contribution in [2.24, 2.45) is 5.92 Å². The smallest absolute Gasteiger partial charge is 0.227 e. The molecule has 1 heterocycles. The van der Waals surface area contributed by atoms with Crippen molar-refractivity contribution in [3.05, 3.63) is 29.8 Å². The molecule has 130 valence electrons. The maximum absolute atomic E-state index is 12.6. The second-order valence-corrected chi connectivity index (χ2v) is 8.16. The third-order valence-electron chi connectivity index (χ3n) is 5.20. The number of carbonyl (C=O) groups is 2. The molecule has 1 aromatic carbocycles. The number of hydrogen-bond acceptors (Lipinski definition) is 2. The fraction of sp³-hybridized carbons (Fsp3) is 0.600. The van der Waals surface area contributed by atoms with E-state index >= 15 is 0 Å². The first-order chi connectivity index (χ1) is 11.4. The van der Waals surface area contributed by atoms with Crippen molar-refractivity contribution in [3.8, 4) is 0 Å². The van der Waals surface area contributed by atoms with Crippen LogP contribution >= 0.6 is 0 Å². The molecule has 2 amide bonds. The molecule has 24 heavy (non-hydrogen) atoms. The highest BCUT2D eigenvalue weighted by Crippen LogP contribution is 2.35. The zero-order chi connectivity index (χ0) is 17.3. The largest absolute Gasteiger partial charge is 0.353 e. The number of rotatable bonds is 3. The van der Waals surface area contributed by atoms with E-state index < -0.39 is 0 Å². The average Bonchev–Trinajstić information content (AvgIpc) is 3.16. The van der Waals surface area contributed by atoms with Gasteiger partial charge in [0.05, 0.1) is 5.92 Å². The van der Waals surface area contributed by atoms with Gasteiger partial charge in [-0.15, -0.1) is 0 Å². The summed E-state index contributed by atoms with van der Waals surface area (Å²) in [6, 6.07) is 8.35. The Bertz CT molecular complexity index is 627. The summed E-state index contributed by atoms with van der Waals surface area (Å²) in [7, 11) is 0. The zero-order valence-electron chi connectivity index (χ0n) is 15.0. The number of para-hydroxylation sites is 1. The minimum Gasteiger partial charge on any atom is -0.353 e. The highest BCUT2D eigenvalue weighted by molar-refractivity contribution is 6.01. The molecule has 4 heteroatoms. The van der Waals surface area contributed by atoms with Crippen LogP contribution in [0.4, 0.5) is 5.69 Å². The van der Waals surface area contributed by atoms with Gasteiger partial charge in [-0.25, -0.2) is 0 Å². The number of hydrogen-bond donors (Lipinski definition) is 1. The van der Waals surface area contributed by atoms with E-state index in [1.54, 1.807) is 4.90 Å². The Morgan fingerprint density at radius 1 is 1.17 bits per heavy atom. The van der Waals surface area contributed by atoms with Crippen molar-refractivity contribution < 1.29 is 9.59 Å². The Morgan fingerprint density at radius 2 is 1.83 bits per heavy atom. The van der Waals surface area contributed by atoms with Crippen LogP contribution in [0.15, 0.2) is 24.3 Å². The Labute approximate surface area is 144 Å². The van der Waals surface area contributed by atoms with Gasteiger partial charge in [-0.05, 0) is 29.9 Å². The standard InChI is InChI=1S/C20H28N2O2/c1-20(2,3)16-10-6-7-11-17(16)22-13-14(12-18(22)23)19(24)21-15-8-4-5-9-15/h6-7,10-11,14-15H,4-5,8-9,12-13H2,1-3H3,(H,21,24). The molecule has 1 unspecified atom stereocenters. The summed E-state index contributed by atoms with van der Waals surface area (Å²) in [4.78, 5) is 26.9. The first-order valence-corrected chi connectivity index (χ1v) is 9.06. The van der Waals surface area contributed by atoms with Gasteiger partial charge in [0, 0.05) is 24.7 Å². The highest BCUT2D eigenvalue weighted by Gasteiger charge is 2.37. The van der Waals surface area contributed by atoms with E-state index in [1.807, 2.05) is 18.2 Å². The van der Waals surface area contributed by atoms with Crippen LogP contribution in [0, 0.1) is 5.92 Å². The monoisotopic (exact) mass is 328 g/mol. The van der Waals surface area contributed by atoms with E-state index in [0.717, 1.165) is 24.1 Å². The first kappa shape index (κ1) is 17.0. The van der Waals surface area contributed by atoms with Crippen molar-refractivity contribution in [1.82, 2.24) is 5.32 Å². The fourth-order valence-corrected chi connectivity index (χ4v) is 3.85. The quantitative estimate of drug-likeness (QED) is 0.924. The van der Waals surface area contributed by atoms with Crippen molar-refractivity contribution in [2.75, 3.05) is 11.4 Å². The summed E-state index contributed by atoms with van der Waals surface area (Å²) in [5.74, 6) is -0.129. The van der Waals surface area contributed by atoms with Crippen LogP contribution in [0.5, 0.6) is 0 Å². The van der Waals surface area contributed by atoms with Gasteiger partial charge in [-0.2, -0.15) is 0 Å². The van der Waals surface area contributed by atoms with Crippen molar-refractivity contribution in [1.29, 1.82) is 0 Å². The SMILES string of the molecule is CC(C)(C)c1ccccc1N1CC(C(=O)NC2CCCC2)CC1=O. The van der Waals surface area contributed by atoms with Gasteiger partial charge < -0.3 is 10.2 Å². The summed E-state index contributed by atoms with van der Waals surface area (Å²) in [5.41, 5.74) is 2.06. The third kappa shape index (κ3) is 3.47. The lowest BCUT2D eigenvalue weighted by molar-refractivity contribution is -0.126. The van der Waals surface area contributed by atoms with Gasteiger partial charge in [-0.1, -0.05) is 51.8 Å². The highest BCUT2D eigenvalue weighted by atomic mass is 16.2. The van der Waals surface area contributed by atoms with Crippen LogP contribution in [-0.2, 0) is 15.0 Å². The number of nitrogens with zero attached hydrogens (tertiary/aromatic N) is 1. The molecule has 1 aromatic rings.